The van der Waals surface area contributed by atoms with E-state index in [-0.39, 0.29) is 0 Å². The van der Waals surface area contributed by atoms with Gasteiger partial charge in [0.05, 0.1) is 6.61 Å². The first-order valence-corrected chi connectivity index (χ1v) is 8.59. The van der Waals surface area contributed by atoms with E-state index in [9.17, 15) is 0 Å². The lowest BCUT2D eigenvalue weighted by Crippen LogP contribution is -1.95. The summed E-state index contributed by atoms with van der Waals surface area (Å²) in [6.07, 6.45) is 0.962. The quantitative estimate of drug-likeness (QED) is 0.457. The van der Waals surface area contributed by atoms with Gasteiger partial charge < -0.3 is 4.74 Å². The van der Waals surface area contributed by atoms with Crippen LogP contribution in [-0.4, -0.2) is 6.61 Å². The molecule has 2 rings (SSSR count). The molecule has 0 heterocycles. The fraction of sp³-hybridized carbons (Fsp3) is 0.250. The summed E-state index contributed by atoms with van der Waals surface area (Å²) in [6, 6.07) is 14.9. The molecule has 0 aromatic heterocycles. The van der Waals surface area contributed by atoms with Crippen LogP contribution in [0.5, 0.6) is 5.75 Å². The average Bonchev–Trinajstić information content (AvgIpc) is 2.42. The molecule has 0 fully saturated rings. The van der Waals surface area contributed by atoms with Gasteiger partial charge in [0.1, 0.15) is 5.75 Å². The minimum Gasteiger partial charge on any atom is -0.494 e. The van der Waals surface area contributed by atoms with Crippen molar-refractivity contribution in [2.24, 2.45) is 0 Å². The Morgan fingerprint density at radius 3 is 2.42 bits per heavy atom. The molecular formula is C16H16BrIO. The Kier molecular flexibility index (Phi) is 5.70. The maximum atomic E-state index is 5.47. The second-order valence-corrected chi connectivity index (χ2v) is 5.98. The summed E-state index contributed by atoms with van der Waals surface area (Å²) in [5.41, 5.74) is 4.10. The maximum Gasteiger partial charge on any atom is 0.119 e. The van der Waals surface area contributed by atoms with E-state index in [2.05, 4.69) is 68.9 Å². The van der Waals surface area contributed by atoms with Crippen molar-refractivity contribution in [3.63, 3.8) is 0 Å². The lowest BCUT2D eigenvalue weighted by atomic mass is 10.0. The van der Waals surface area contributed by atoms with Gasteiger partial charge in [0.15, 0.2) is 0 Å². The summed E-state index contributed by atoms with van der Waals surface area (Å²) in [5.74, 6) is 0.939. The molecule has 0 aliphatic rings. The predicted octanol–water partition coefficient (Wildman–Crippen LogP) is 5.37. The first-order chi connectivity index (χ1) is 9.22. The monoisotopic (exact) mass is 430 g/mol. The summed E-state index contributed by atoms with van der Waals surface area (Å²) in [7, 11) is 0. The van der Waals surface area contributed by atoms with Gasteiger partial charge in [-0.2, -0.15) is 0 Å². The highest BCUT2D eigenvalue weighted by Gasteiger charge is 2.04. The first kappa shape index (κ1) is 14.9. The number of rotatable bonds is 5. The molecule has 2 aromatic rings. The van der Waals surface area contributed by atoms with E-state index >= 15 is 0 Å². The Morgan fingerprint density at radius 1 is 1.05 bits per heavy atom. The summed E-state index contributed by atoms with van der Waals surface area (Å²) in [5, 5.41) is 0. The highest BCUT2D eigenvalue weighted by molar-refractivity contribution is 14.1. The zero-order valence-corrected chi connectivity index (χ0v) is 14.6. The molecule has 1 nitrogen and oxygen atoms in total. The lowest BCUT2D eigenvalue weighted by molar-refractivity contribution is 0.340. The molecule has 3 heteroatoms. The minimum absolute atomic E-state index is 0.712. The third kappa shape index (κ3) is 4.21. The molecule has 0 atom stereocenters. The standard InChI is InChI=1S/C16H16BrIO/c1-2-19-16-7-3-12(4-8-16)9-14-10-15(17)6-5-13(14)11-18/h3-8,10H,2,9,11H2,1H3. The maximum absolute atomic E-state index is 5.47. The Balaban J connectivity index is 2.18. The molecule has 19 heavy (non-hydrogen) atoms. The van der Waals surface area contributed by atoms with E-state index in [0.29, 0.717) is 6.61 Å². The van der Waals surface area contributed by atoms with Crippen LogP contribution in [-0.2, 0) is 10.8 Å². The third-order valence-electron chi connectivity index (χ3n) is 2.94. The van der Waals surface area contributed by atoms with E-state index in [0.717, 1.165) is 21.1 Å². The SMILES string of the molecule is CCOc1ccc(Cc2cc(Br)ccc2CI)cc1. The van der Waals surface area contributed by atoms with Crippen LogP contribution in [0.15, 0.2) is 46.9 Å². The van der Waals surface area contributed by atoms with Crippen LogP contribution in [0.1, 0.15) is 23.6 Å². The highest BCUT2D eigenvalue weighted by Crippen LogP contribution is 2.23. The lowest BCUT2D eigenvalue weighted by Gasteiger charge is -2.09. The third-order valence-corrected chi connectivity index (χ3v) is 4.26. The second-order valence-electron chi connectivity index (χ2n) is 4.30. The van der Waals surface area contributed by atoms with Gasteiger partial charge in [-0.3, -0.25) is 0 Å². The molecule has 0 radical (unpaired) electrons. The van der Waals surface area contributed by atoms with Crippen molar-refractivity contribution < 1.29 is 4.74 Å². The van der Waals surface area contributed by atoms with Gasteiger partial charge in [0.2, 0.25) is 0 Å². The molecule has 0 amide bonds. The summed E-state index contributed by atoms with van der Waals surface area (Å²) in [6.45, 7) is 2.71. The number of hydrogen-bond acceptors (Lipinski definition) is 1. The summed E-state index contributed by atoms with van der Waals surface area (Å²) in [4.78, 5) is 0. The van der Waals surface area contributed by atoms with Crippen LogP contribution in [0.3, 0.4) is 0 Å². The molecule has 0 aliphatic heterocycles. The summed E-state index contributed by atoms with van der Waals surface area (Å²) >= 11 is 5.96. The predicted molar refractivity (Wildman–Crippen MR) is 92.3 cm³/mol. The molecule has 0 N–H and O–H groups in total. The highest BCUT2D eigenvalue weighted by atomic mass is 127. The number of halogens is 2. The Labute approximate surface area is 136 Å². The van der Waals surface area contributed by atoms with Gasteiger partial charge >= 0.3 is 0 Å². The van der Waals surface area contributed by atoms with E-state index < -0.39 is 0 Å². The molecule has 0 saturated carbocycles. The van der Waals surface area contributed by atoms with Crippen LogP contribution in [0.25, 0.3) is 0 Å². The first-order valence-electron chi connectivity index (χ1n) is 6.28. The zero-order chi connectivity index (χ0) is 13.7. The van der Waals surface area contributed by atoms with E-state index in [1.165, 1.54) is 16.7 Å². The van der Waals surface area contributed by atoms with Crippen molar-refractivity contribution >= 4 is 38.5 Å². The Hall–Kier alpha value is -0.550. The van der Waals surface area contributed by atoms with Gasteiger partial charge in [-0.25, -0.2) is 0 Å². The van der Waals surface area contributed by atoms with E-state index in [1.54, 1.807) is 0 Å². The summed E-state index contributed by atoms with van der Waals surface area (Å²) < 4.78 is 7.65. The molecule has 0 aliphatic carbocycles. The van der Waals surface area contributed by atoms with Crippen molar-refractivity contribution in [2.45, 2.75) is 17.8 Å². The number of hydrogen-bond donors (Lipinski definition) is 0. The van der Waals surface area contributed by atoms with Crippen molar-refractivity contribution in [2.75, 3.05) is 6.61 Å². The largest absolute Gasteiger partial charge is 0.494 e. The van der Waals surface area contributed by atoms with Crippen molar-refractivity contribution in [3.8, 4) is 5.75 Å². The van der Waals surface area contributed by atoms with Crippen LogP contribution in [0.2, 0.25) is 0 Å². The van der Waals surface area contributed by atoms with Crippen LogP contribution in [0, 0.1) is 0 Å². The van der Waals surface area contributed by atoms with Crippen LogP contribution < -0.4 is 4.74 Å². The average molecular weight is 431 g/mol. The van der Waals surface area contributed by atoms with E-state index in [4.69, 9.17) is 4.74 Å². The number of ether oxygens (including phenoxy) is 1. The molecular weight excluding hydrogens is 415 g/mol. The number of benzene rings is 2. The molecule has 0 saturated heterocycles. The van der Waals surface area contributed by atoms with Gasteiger partial charge in [-0.05, 0) is 54.3 Å². The van der Waals surface area contributed by atoms with Crippen molar-refractivity contribution in [1.82, 2.24) is 0 Å². The molecule has 0 bridgehead atoms. The Morgan fingerprint density at radius 2 is 1.79 bits per heavy atom. The van der Waals surface area contributed by atoms with Crippen LogP contribution >= 0.6 is 38.5 Å². The minimum atomic E-state index is 0.712. The second kappa shape index (κ2) is 7.29. The zero-order valence-electron chi connectivity index (χ0n) is 10.8. The van der Waals surface area contributed by atoms with Gasteiger partial charge in [-0.1, -0.05) is 56.7 Å². The normalized spacial score (nSPS) is 10.5. The molecule has 100 valence electrons. The number of alkyl halides is 1. The smallest absolute Gasteiger partial charge is 0.119 e. The van der Waals surface area contributed by atoms with Crippen molar-refractivity contribution in [1.29, 1.82) is 0 Å². The van der Waals surface area contributed by atoms with Gasteiger partial charge in [-0.15, -0.1) is 0 Å². The van der Waals surface area contributed by atoms with E-state index in [1.807, 2.05) is 19.1 Å². The van der Waals surface area contributed by atoms with Gasteiger partial charge in [0, 0.05) is 8.90 Å². The fourth-order valence-corrected chi connectivity index (χ4v) is 3.13. The van der Waals surface area contributed by atoms with Crippen LogP contribution in [0.4, 0.5) is 0 Å². The topological polar surface area (TPSA) is 9.23 Å². The van der Waals surface area contributed by atoms with Gasteiger partial charge in [0.25, 0.3) is 0 Å². The molecule has 0 unspecified atom stereocenters. The molecule has 0 spiro atoms. The fourth-order valence-electron chi connectivity index (χ4n) is 1.98. The Bertz CT molecular complexity index is 537. The molecule has 2 aromatic carbocycles. The van der Waals surface area contributed by atoms with Crippen molar-refractivity contribution in [3.05, 3.63) is 63.6 Å².